The SMILES string of the molecule is COc1ccc(OC)c(S(=O)(=O)NC2COC3C(OCc4ccccc4)COC23)c1. The van der Waals surface area contributed by atoms with Crippen LogP contribution in [0.5, 0.6) is 11.5 Å². The monoisotopic (exact) mass is 435 g/mol. The molecule has 2 aromatic rings. The van der Waals surface area contributed by atoms with Gasteiger partial charge in [-0.3, -0.25) is 0 Å². The third-order valence-electron chi connectivity index (χ3n) is 5.28. The molecule has 4 unspecified atom stereocenters. The number of fused-ring (bicyclic) bond motifs is 1. The lowest BCUT2D eigenvalue weighted by Gasteiger charge is -2.19. The minimum atomic E-state index is -3.89. The Hall–Kier alpha value is -2.17. The second-order valence-corrected chi connectivity index (χ2v) is 8.86. The molecule has 9 heteroatoms. The Morgan fingerprint density at radius 3 is 2.50 bits per heavy atom. The van der Waals surface area contributed by atoms with Crippen molar-refractivity contribution in [3.63, 3.8) is 0 Å². The summed E-state index contributed by atoms with van der Waals surface area (Å²) in [5.41, 5.74) is 1.06. The summed E-state index contributed by atoms with van der Waals surface area (Å²) in [4.78, 5) is 0.00248. The number of nitrogens with one attached hydrogen (secondary N) is 1. The Morgan fingerprint density at radius 2 is 1.77 bits per heavy atom. The summed E-state index contributed by atoms with van der Waals surface area (Å²) in [6.07, 6.45) is -0.998. The van der Waals surface area contributed by atoms with Crippen LogP contribution in [0.3, 0.4) is 0 Å². The van der Waals surface area contributed by atoms with E-state index in [0.717, 1.165) is 5.56 Å². The molecule has 4 atom stereocenters. The van der Waals surface area contributed by atoms with Crippen molar-refractivity contribution >= 4 is 10.0 Å². The van der Waals surface area contributed by atoms with Crippen molar-refractivity contribution < 1.29 is 32.1 Å². The fourth-order valence-electron chi connectivity index (χ4n) is 3.74. The first-order valence-electron chi connectivity index (χ1n) is 9.65. The summed E-state index contributed by atoms with van der Waals surface area (Å²) in [7, 11) is -0.990. The van der Waals surface area contributed by atoms with Crippen LogP contribution in [-0.2, 0) is 30.8 Å². The molecule has 1 N–H and O–H groups in total. The highest BCUT2D eigenvalue weighted by molar-refractivity contribution is 7.89. The largest absolute Gasteiger partial charge is 0.497 e. The number of hydrogen-bond donors (Lipinski definition) is 1. The van der Waals surface area contributed by atoms with E-state index in [0.29, 0.717) is 19.0 Å². The van der Waals surface area contributed by atoms with E-state index in [1.54, 1.807) is 12.1 Å². The van der Waals surface area contributed by atoms with Crippen molar-refractivity contribution in [1.82, 2.24) is 4.72 Å². The minimum Gasteiger partial charge on any atom is -0.497 e. The molecule has 8 nitrogen and oxygen atoms in total. The summed E-state index contributed by atoms with van der Waals surface area (Å²) in [6.45, 7) is 0.994. The molecule has 0 saturated carbocycles. The molecule has 0 spiro atoms. The molecular weight excluding hydrogens is 410 g/mol. The maximum absolute atomic E-state index is 13.0. The van der Waals surface area contributed by atoms with Crippen molar-refractivity contribution in [3.8, 4) is 11.5 Å². The molecule has 2 fully saturated rings. The maximum atomic E-state index is 13.0. The van der Waals surface area contributed by atoms with Crippen LogP contribution in [0.2, 0.25) is 0 Å². The standard InChI is InChI=1S/C21H25NO7S/c1-25-15-8-9-17(26-2)19(10-15)30(23,24)22-16-12-28-21-18(13-29-20(16)21)27-11-14-6-4-3-5-7-14/h3-10,16,18,20-22H,11-13H2,1-2H3. The number of hydrogen-bond acceptors (Lipinski definition) is 7. The number of ether oxygens (including phenoxy) is 5. The van der Waals surface area contributed by atoms with Crippen LogP contribution in [-0.4, -0.2) is 60.2 Å². The van der Waals surface area contributed by atoms with Gasteiger partial charge in [-0.05, 0) is 17.7 Å². The molecular formula is C21H25NO7S. The highest BCUT2D eigenvalue weighted by Gasteiger charge is 2.49. The van der Waals surface area contributed by atoms with Crippen LogP contribution in [0, 0.1) is 0 Å². The van der Waals surface area contributed by atoms with Gasteiger partial charge in [0, 0.05) is 6.07 Å². The summed E-state index contributed by atoms with van der Waals surface area (Å²) >= 11 is 0. The average Bonchev–Trinajstić information content (AvgIpc) is 3.35. The summed E-state index contributed by atoms with van der Waals surface area (Å²) in [6, 6.07) is 13.9. The number of sulfonamides is 1. The lowest BCUT2D eigenvalue weighted by molar-refractivity contribution is -0.0391. The van der Waals surface area contributed by atoms with E-state index in [1.165, 1.54) is 20.3 Å². The predicted molar refractivity (Wildman–Crippen MR) is 108 cm³/mol. The van der Waals surface area contributed by atoms with E-state index in [2.05, 4.69) is 4.72 Å². The lowest BCUT2D eigenvalue weighted by atomic mass is 10.1. The van der Waals surface area contributed by atoms with Gasteiger partial charge in [-0.1, -0.05) is 30.3 Å². The molecule has 2 aliphatic heterocycles. The Bertz CT molecular complexity index is 967. The van der Waals surface area contributed by atoms with E-state index in [9.17, 15) is 8.42 Å². The van der Waals surface area contributed by atoms with Gasteiger partial charge in [0.2, 0.25) is 10.0 Å². The Balaban J connectivity index is 1.43. The first kappa shape index (κ1) is 21.1. The molecule has 2 saturated heterocycles. The topological polar surface area (TPSA) is 92.3 Å². The van der Waals surface area contributed by atoms with Crippen LogP contribution in [0.1, 0.15) is 5.56 Å². The fourth-order valence-corrected chi connectivity index (χ4v) is 5.16. The second kappa shape index (κ2) is 8.91. The van der Waals surface area contributed by atoms with E-state index in [-0.39, 0.29) is 29.5 Å². The van der Waals surface area contributed by atoms with Gasteiger partial charge in [0.05, 0.1) is 40.1 Å². The molecule has 4 rings (SSSR count). The van der Waals surface area contributed by atoms with Gasteiger partial charge in [-0.15, -0.1) is 0 Å². The summed E-state index contributed by atoms with van der Waals surface area (Å²) < 4.78 is 56.8. The molecule has 0 bridgehead atoms. The first-order chi connectivity index (χ1) is 14.5. The Morgan fingerprint density at radius 1 is 1.00 bits per heavy atom. The minimum absolute atomic E-state index is 0.00248. The van der Waals surface area contributed by atoms with Crippen molar-refractivity contribution in [2.75, 3.05) is 27.4 Å². The molecule has 2 aromatic carbocycles. The van der Waals surface area contributed by atoms with E-state index in [4.69, 9.17) is 23.7 Å². The van der Waals surface area contributed by atoms with Gasteiger partial charge in [0.15, 0.2) is 0 Å². The molecule has 162 valence electrons. The highest BCUT2D eigenvalue weighted by Crippen LogP contribution is 2.32. The van der Waals surface area contributed by atoms with Crippen molar-refractivity contribution in [3.05, 3.63) is 54.1 Å². The van der Waals surface area contributed by atoms with Gasteiger partial charge in [-0.2, -0.15) is 0 Å². The molecule has 0 aromatic heterocycles. The van der Waals surface area contributed by atoms with Crippen LogP contribution >= 0.6 is 0 Å². The number of methoxy groups -OCH3 is 2. The average molecular weight is 435 g/mol. The smallest absolute Gasteiger partial charge is 0.244 e. The zero-order valence-electron chi connectivity index (χ0n) is 16.8. The van der Waals surface area contributed by atoms with E-state index >= 15 is 0 Å². The maximum Gasteiger partial charge on any atom is 0.244 e. The van der Waals surface area contributed by atoms with Gasteiger partial charge in [-0.25, -0.2) is 13.1 Å². The third kappa shape index (κ3) is 4.30. The quantitative estimate of drug-likeness (QED) is 0.675. The Kier molecular flexibility index (Phi) is 6.26. The van der Waals surface area contributed by atoms with Gasteiger partial charge >= 0.3 is 0 Å². The molecule has 0 radical (unpaired) electrons. The molecule has 2 heterocycles. The summed E-state index contributed by atoms with van der Waals surface area (Å²) in [5.74, 6) is 0.651. The normalized spacial score (nSPS) is 25.8. The van der Waals surface area contributed by atoms with Gasteiger partial charge < -0.3 is 23.7 Å². The molecule has 0 amide bonds. The number of benzene rings is 2. The molecule has 2 aliphatic rings. The molecule has 0 aliphatic carbocycles. The van der Waals surface area contributed by atoms with Gasteiger partial charge in [0.1, 0.15) is 34.7 Å². The number of rotatable bonds is 8. The first-order valence-corrected chi connectivity index (χ1v) is 11.1. The van der Waals surface area contributed by atoms with Crippen LogP contribution in [0.25, 0.3) is 0 Å². The lowest BCUT2D eigenvalue weighted by Crippen LogP contribution is -2.44. The fraction of sp³-hybridized carbons (Fsp3) is 0.429. The van der Waals surface area contributed by atoms with E-state index < -0.39 is 22.2 Å². The second-order valence-electron chi connectivity index (χ2n) is 7.18. The summed E-state index contributed by atoms with van der Waals surface area (Å²) in [5, 5.41) is 0. The zero-order valence-corrected chi connectivity index (χ0v) is 17.6. The van der Waals surface area contributed by atoms with Crippen LogP contribution in [0.15, 0.2) is 53.4 Å². The van der Waals surface area contributed by atoms with Crippen LogP contribution < -0.4 is 14.2 Å². The zero-order chi connectivity index (χ0) is 21.1. The Labute approximate surface area is 176 Å². The predicted octanol–water partition coefficient (Wildman–Crippen LogP) is 1.73. The highest BCUT2D eigenvalue weighted by atomic mass is 32.2. The van der Waals surface area contributed by atoms with E-state index in [1.807, 2.05) is 30.3 Å². The van der Waals surface area contributed by atoms with Crippen molar-refractivity contribution in [2.45, 2.75) is 35.9 Å². The van der Waals surface area contributed by atoms with Crippen molar-refractivity contribution in [2.24, 2.45) is 0 Å². The van der Waals surface area contributed by atoms with Gasteiger partial charge in [0.25, 0.3) is 0 Å². The third-order valence-corrected chi connectivity index (χ3v) is 6.79. The van der Waals surface area contributed by atoms with Crippen LogP contribution in [0.4, 0.5) is 0 Å². The molecule has 30 heavy (non-hydrogen) atoms. The van der Waals surface area contributed by atoms with Crippen molar-refractivity contribution in [1.29, 1.82) is 0 Å².